The van der Waals surface area contributed by atoms with E-state index < -0.39 is 83.0 Å². The number of halogens is 1. The molecule has 0 aromatic carbocycles. The van der Waals surface area contributed by atoms with Crippen LogP contribution in [0.1, 0.15) is 18.9 Å². The molecule has 3 fully saturated rings. The predicted molar refractivity (Wildman–Crippen MR) is 139 cm³/mol. The molecule has 4 aromatic rings. The molecular formula is C20H22FN9O12P2. The maximum absolute atomic E-state index is 15.7. The Morgan fingerprint density at radius 2 is 1.59 bits per heavy atom. The fourth-order valence-corrected chi connectivity index (χ4v) is 7.11. The van der Waals surface area contributed by atoms with Gasteiger partial charge in [0.05, 0.1) is 32.2 Å². The van der Waals surface area contributed by atoms with Crippen molar-refractivity contribution < 1.29 is 50.9 Å². The largest absolute Gasteiger partial charge is 0.472 e. The van der Waals surface area contributed by atoms with Crippen molar-refractivity contribution >= 4 is 43.9 Å². The maximum atomic E-state index is 15.7. The zero-order valence-corrected chi connectivity index (χ0v) is 23.7. The van der Waals surface area contributed by atoms with Crippen LogP contribution in [-0.4, -0.2) is 92.6 Å². The van der Waals surface area contributed by atoms with Crippen molar-refractivity contribution in [2.45, 2.75) is 49.5 Å². The first kappa shape index (κ1) is 29.3. The summed E-state index contributed by atoms with van der Waals surface area (Å²) in [5.41, 5.74) is 4.16. The first-order valence-electron chi connectivity index (χ1n) is 12.8. The minimum absolute atomic E-state index is 0.00111. The van der Waals surface area contributed by atoms with Gasteiger partial charge in [0.25, 0.3) is 11.1 Å². The predicted octanol–water partition coefficient (Wildman–Crippen LogP) is -0.624. The second-order valence-electron chi connectivity index (χ2n) is 9.95. The van der Waals surface area contributed by atoms with Crippen molar-refractivity contribution in [1.29, 1.82) is 0 Å². The molecule has 3 saturated heterocycles. The van der Waals surface area contributed by atoms with E-state index in [4.69, 9.17) is 33.3 Å². The fourth-order valence-electron chi connectivity index (χ4n) is 5.22. The van der Waals surface area contributed by atoms with Crippen LogP contribution < -0.4 is 16.9 Å². The zero-order valence-electron chi connectivity index (χ0n) is 21.9. The second kappa shape index (κ2) is 10.6. The number of fused-ring (bicyclic) bond motifs is 5. The van der Waals surface area contributed by atoms with Crippen molar-refractivity contribution in [3.63, 3.8) is 0 Å². The third-order valence-electron chi connectivity index (χ3n) is 7.17. The summed E-state index contributed by atoms with van der Waals surface area (Å²) in [6.45, 7) is -1.61. The topological polar surface area (TPSA) is 283 Å². The summed E-state index contributed by atoms with van der Waals surface area (Å²) in [6, 6.07) is 0. The number of H-pyrrole nitrogens is 2. The molecule has 21 nitrogen and oxygen atoms in total. The smallest absolute Gasteiger partial charge is 0.369 e. The highest BCUT2D eigenvalue weighted by Gasteiger charge is 2.53. The number of hydrogen-bond acceptors (Lipinski definition) is 15. The maximum Gasteiger partial charge on any atom is 0.472 e. The van der Waals surface area contributed by atoms with Gasteiger partial charge in [0.2, 0.25) is 5.95 Å². The van der Waals surface area contributed by atoms with Crippen LogP contribution in [0.15, 0.2) is 28.6 Å². The molecule has 3 aliphatic rings. The highest BCUT2D eigenvalue weighted by molar-refractivity contribution is 7.47. The number of nitrogens with one attached hydrogen (secondary N) is 2. The standard InChI is InChI=1S/C20H22FN9O12P2/c21-11-9-3-38-43(33,34)41-7-1-10(29-5-25-12-15(29)23-4-24-17(12)31)39-8(7)2-37-44(35,36)42-14(11)19(40-9)30-6-26-13-16(30)27-20(22)28-18(13)32/h4-11,14,19H,1-3H2,(H,33,34)(H,35,36)(H,23,24,31)(H3,22,27,28,32)/t7-,8+,9+,10+,11+,14+,19+/m0/s1. The lowest BCUT2D eigenvalue weighted by Gasteiger charge is -2.25. The van der Waals surface area contributed by atoms with Crippen LogP contribution in [0, 0.1) is 0 Å². The minimum atomic E-state index is -5.11. The molecule has 2 bridgehead atoms. The third kappa shape index (κ3) is 5.17. The average Bonchev–Trinajstić information content (AvgIpc) is 3.72. The molecule has 3 aliphatic heterocycles. The molecule has 44 heavy (non-hydrogen) atoms. The Morgan fingerprint density at radius 3 is 2.36 bits per heavy atom. The SMILES string of the molecule is Nc1nc2c(ncn2[C@@H]2O[C@@H]3COP(=O)(O)O[C@H]4C[C@H](n5cnc6c(=O)[nH]cnc65)O[C@@H]4COP(=O)(O)O[C@@H]2[C@@H]3F)c(=O)[nH]1. The Labute approximate surface area is 242 Å². The monoisotopic (exact) mass is 661 g/mol. The van der Waals surface area contributed by atoms with Gasteiger partial charge in [0, 0.05) is 6.42 Å². The molecule has 7 rings (SSSR count). The number of rotatable bonds is 2. The van der Waals surface area contributed by atoms with E-state index in [2.05, 4.69) is 29.9 Å². The highest BCUT2D eigenvalue weighted by atomic mass is 31.2. The van der Waals surface area contributed by atoms with Gasteiger partial charge in [-0.15, -0.1) is 0 Å². The average molecular weight is 661 g/mol. The van der Waals surface area contributed by atoms with E-state index in [-0.39, 0.29) is 34.7 Å². The van der Waals surface area contributed by atoms with Crippen LogP contribution in [0.5, 0.6) is 0 Å². The Hall–Kier alpha value is -3.43. The molecule has 0 spiro atoms. The molecule has 0 radical (unpaired) electrons. The molecular weight excluding hydrogens is 639 g/mol. The summed E-state index contributed by atoms with van der Waals surface area (Å²) < 4.78 is 76.4. The summed E-state index contributed by atoms with van der Waals surface area (Å²) in [5, 5.41) is 0. The molecule has 6 N–H and O–H groups in total. The number of aromatic nitrogens is 8. The van der Waals surface area contributed by atoms with Crippen molar-refractivity contribution in [3.8, 4) is 0 Å². The number of phosphoric ester groups is 2. The number of ether oxygens (including phenoxy) is 2. The fraction of sp³-hybridized carbons (Fsp3) is 0.500. The van der Waals surface area contributed by atoms with Crippen LogP contribution in [0.2, 0.25) is 0 Å². The van der Waals surface area contributed by atoms with Crippen LogP contribution in [0.3, 0.4) is 0 Å². The van der Waals surface area contributed by atoms with E-state index in [0.29, 0.717) is 0 Å². The molecule has 0 amide bonds. The van der Waals surface area contributed by atoms with E-state index in [0.717, 1.165) is 17.2 Å². The zero-order chi connectivity index (χ0) is 31.0. The first-order chi connectivity index (χ1) is 20.9. The summed E-state index contributed by atoms with van der Waals surface area (Å²) in [4.78, 5) is 66.0. The summed E-state index contributed by atoms with van der Waals surface area (Å²) in [7, 11) is -10.1. The van der Waals surface area contributed by atoms with E-state index in [1.54, 1.807) is 0 Å². The lowest BCUT2D eigenvalue weighted by Crippen LogP contribution is -2.32. The molecule has 0 aliphatic carbocycles. The molecule has 0 saturated carbocycles. The van der Waals surface area contributed by atoms with Crippen LogP contribution in [0.25, 0.3) is 22.3 Å². The minimum Gasteiger partial charge on any atom is -0.369 e. The van der Waals surface area contributed by atoms with Crippen molar-refractivity contribution in [3.05, 3.63) is 39.7 Å². The van der Waals surface area contributed by atoms with Gasteiger partial charge in [-0.1, -0.05) is 0 Å². The number of phosphoric acid groups is 2. The van der Waals surface area contributed by atoms with Crippen molar-refractivity contribution in [1.82, 2.24) is 39.0 Å². The molecule has 24 heteroatoms. The normalized spacial score (nSPS) is 36.6. The third-order valence-corrected chi connectivity index (χ3v) is 9.17. The molecule has 7 heterocycles. The van der Waals surface area contributed by atoms with Gasteiger partial charge in [-0.25, -0.2) is 28.5 Å². The lowest BCUT2D eigenvalue weighted by atomic mass is 10.1. The van der Waals surface area contributed by atoms with Crippen LogP contribution in [-0.2, 0) is 36.7 Å². The van der Waals surface area contributed by atoms with Crippen molar-refractivity contribution in [2.24, 2.45) is 0 Å². The Bertz CT molecular complexity index is 1970. The first-order valence-corrected chi connectivity index (χ1v) is 15.8. The summed E-state index contributed by atoms with van der Waals surface area (Å²) >= 11 is 0. The Balaban J connectivity index is 1.19. The number of nitrogens with two attached hydrogens (primary N) is 1. The number of hydrogen-bond donors (Lipinski definition) is 5. The molecule has 9 atom stereocenters. The van der Waals surface area contributed by atoms with E-state index >= 15 is 4.39 Å². The Morgan fingerprint density at radius 1 is 0.909 bits per heavy atom. The van der Waals surface area contributed by atoms with Gasteiger partial charge < -0.3 is 30.0 Å². The number of aromatic amines is 2. The number of anilines is 1. The van der Waals surface area contributed by atoms with E-state index in [1.807, 2.05) is 0 Å². The highest BCUT2D eigenvalue weighted by Crippen LogP contribution is 2.54. The van der Waals surface area contributed by atoms with E-state index in [9.17, 15) is 28.5 Å². The molecule has 236 valence electrons. The summed E-state index contributed by atoms with van der Waals surface area (Å²) in [5.74, 6) is -0.302. The van der Waals surface area contributed by atoms with Gasteiger partial charge in [-0.3, -0.25) is 41.8 Å². The quantitative estimate of drug-likeness (QED) is 0.167. The molecule has 4 aromatic heterocycles. The molecule has 2 unspecified atom stereocenters. The number of alkyl halides is 1. The van der Waals surface area contributed by atoms with E-state index in [1.165, 1.54) is 10.9 Å². The van der Waals surface area contributed by atoms with Crippen LogP contribution in [0.4, 0.5) is 10.3 Å². The summed E-state index contributed by atoms with van der Waals surface area (Å²) in [6.07, 6.45) is -7.55. The second-order valence-corrected chi connectivity index (χ2v) is 12.8. The number of nitrogen functional groups attached to an aromatic ring is 1. The Kier molecular flexibility index (Phi) is 7.05. The van der Waals surface area contributed by atoms with Gasteiger partial charge in [-0.05, 0) is 0 Å². The number of imidazole rings is 2. The lowest BCUT2D eigenvalue weighted by molar-refractivity contribution is -0.0668. The van der Waals surface area contributed by atoms with Gasteiger partial charge in [-0.2, -0.15) is 4.98 Å². The van der Waals surface area contributed by atoms with Gasteiger partial charge >= 0.3 is 15.6 Å². The number of nitrogens with zero attached hydrogens (tertiary/aromatic N) is 6. The van der Waals surface area contributed by atoms with Crippen molar-refractivity contribution in [2.75, 3.05) is 18.9 Å². The van der Waals surface area contributed by atoms with Crippen LogP contribution >= 0.6 is 15.6 Å². The van der Waals surface area contributed by atoms with Gasteiger partial charge in [0.15, 0.2) is 34.7 Å². The van der Waals surface area contributed by atoms with Gasteiger partial charge in [0.1, 0.15) is 30.6 Å².